The molecule has 0 fully saturated rings. The maximum Gasteiger partial charge on any atom is 0.295 e. The summed E-state index contributed by atoms with van der Waals surface area (Å²) < 4.78 is 9.73. The number of fused-ring (bicyclic) bond motifs is 1. The monoisotopic (exact) mass is 124 g/mol. The van der Waals surface area contributed by atoms with E-state index in [0.29, 0.717) is 11.3 Å². The van der Waals surface area contributed by atoms with Gasteiger partial charge in [0.05, 0.1) is 6.26 Å². The van der Waals surface area contributed by atoms with Gasteiger partial charge in [-0.1, -0.05) is 0 Å². The highest BCUT2D eigenvalue weighted by molar-refractivity contribution is 5.67. The summed E-state index contributed by atoms with van der Waals surface area (Å²) in [4.78, 5) is 3.72. The highest BCUT2D eigenvalue weighted by atomic mass is 16.4. The molecule has 0 amide bonds. The first-order valence-corrected chi connectivity index (χ1v) is 2.46. The maximum atomic E-state index is 5.20. The molecule has 0 spiro atoms. The highest BCUT2D eigenvalue weighted by Gasteiger charge is 2.02. The summed E-state index contributed by atoms with van der Waals surface area (Å²) in [5.41, 5.74) is 6.24. The van der Waals surface area contributed by atoms with Gasteiger partial charge in [0.1, 0.15) is 0 Å². The Morgan fingerprint density at radius 2 is 2.44 bits per heavy atom. The molecule has 4 heteroatoms. The Morgan fingerprint density at radius 1 is 1.56 bits per heavy atom. The van der Waals surface area contributed by atoms with Crippen molar-refractivity contribution in [2.45, 2.75) is 0 Å². The van der Waals surface area contributed by atoms with Crippen LogP contribution in [0, 0.1) is 0 Å². The molecule has 2 heterocycles. The largest absolute Gasteiger partial charge is 0.444 e. The van der Waals surface area contributed by atoms with Gasteiger partial charge in [0.15, 0.2) is 5.58 Å². The van der Waals surface area contributed by atoms with E-state index in [1.54, 1.807) is 6.07 Å². The molecular weight excluding hydrogens is 120 g/mol. The number of hydrogen-bond acceptors (Lipinski definition) is 4. The molecule has 9 heavy (non-hydrogen) atoms. The zero-order chi connectivity index (χ0) is 6.27. The van der Waals surface area contributed by atoms with E-state index in [1.807, 2.05) is 0 Å². The normalized spacial score (nSPS) is 10.7. The molecule has 2 N–H and O–H groups in total. The maximum absolute atomic E-state index is 5.20. The van der Waals surface area contributed by atoms with Crippen LogP contribution >= 0.6 is 0 Å². The second-order valence-corrected chi connectivity index (χ2v) is 1.64. The summed E-state index contributed by atoms with van der Waals surface area (Å²) >= 11 is 0. The molecule has 2 aromatic rings. The molecule has 0 unspecified atom stereocenters. The number of hydrogen-bond donors (Lipinski definition) is 1. The Kier molecular flexibility index (Phi) is 0.631. The van der Waals surface area contributed by atoms with Crippen molar-refractivity contribution >= 4 is 17.3 Å². The van der Waals surface area contributed by atoms with E-state index in [0.717, 1.165) is 0 Å². The van der Waals surface area contributed by atoms with E-state index in [-0.39, 0.29) is 6.01 Å². The van der Waals surface area contributed by atoms with Gasteiger partial charge in [0, 0.05) is 6.07 Å². The molecule has 0 radical (unpaired) electrons. The van der Waals surface area contributed by atoms with Crippen LogP contribution in [0.2, 0.25) is 0 Å². The Hall–Kier alpha value is -1.45. The third kappa shape index (κ3) is 0.495. The molecule has 2 rings (SSSR count). The smallest absolute Gasteiger partial charge is 0.295 e. The van der Waals surface area contributed by atoms with Crippen LogP contribution in [0.25, 0.3) is 11.3 Å². The number of aromatic nitrogens is 1. The fourth-order valence-electron chi connectivity index (χ4n) is 0.684. The fourth-order valence-corrected chi connectivity index (χ4v) is 0.684. The zero-order valence-corrected chi connectivity index (χ0v) is 4.50. The third-order valence-electron chi connectivity index (χ3n) is 1.04. The van der Waals surface area contributed by atoms with Crippen molar-refractivity contribution in [3.8, 4) is 0 Å². The highest BCUT2D eigenvalue weighted by Crippen LogP contribution is 2.16. The molecule has 0 aromatic carbocycles. The number of anilines is 1. The molecule has 0 aliphatic heterocycles. The van der Waals surface area contributed by atoms with Crippen LogP contribution in [-0.4, -0.2) is 4.98 Å². The average Bonchev–Trinajstić information content (AvgIpc) is 2.22. The summed E-state index contributed by atoms with van der Waals surface area (Å²) in [5.74, 6) is 0. The molecule has 0 aliphatic carbocycles. The van der Waals surface area contributed by atoms with Crippen LogP contribution in [0.5, 0.6) is 0 Å². The first-order valence-electron chi connectivity index (χ1n) is 2.46. The van der Waals surface area contributed by atoms with Gasteiger partial charge in [-0.15, -0.1) is 0 Å². The van der Waals surface area contributed by atoms with Crippen LogP contribution < -0.4 is 5.73 Å². The van der Waals surface area contributed by atoms with Gasteiger partial charge in [-0.25, -0.2) is 0 Å². The molecule has 0 atom stereocenters. The Balaban J connectivity index is 2.92. The van der Waals surface area contributed by atoms with Crippen LogP contribution in [0.1, 0.15) is 0 Å². The molecule has 4 nitrogen and oxygen atoms in total. The third-order valence-corrected chi connectivity index (χ3v) is 1.04. The van der Waals surface area contributed by atoms with Crippen molar-refractivity contribution in [2.75, 3.05) is 5.73 Å². The zero-order valence-electron chi connectivity index (χ0n) is 4.50. The second kappa shape index (κ2) is 1.28. The number of nitrogens with zero attached hydrogens (tertiary/aromatic N) is 1. The van der Waals surface area contributed by atoms with Crippen LogP contribution in [0.3, 0.4) is 0 Å². The lowest BCUT2D eigenvalue weighted by Gasteiger charge is -1.71. The van der Waals surface area contributed by atoms with Crippen molar-refractivity contribution < 1.29 is 8.83 Å². The van der Waals surface area contributed by atoms with Crippen molar-refractivity contribution in [1.82, 2.24) is 4.98 Å². The summed E-state index contributed by atoms with van der Waals surface area (Å²) in [6.07, 6.45) is 1.50. The lowest BCUT2D eigenvalue weighted by molar-refractivity contribution is 0.605. The summed E-state index contributed by atoms with van der Waals surface area (Å²) in [5, 5.41) is 0. The van der Waals surface area contributed by atoms with Crippen molar-refractivity contribution in [1.29, 1.82) is 0 Å². The standard InChI is InChI=1S/C5H4N2O2/c6-5-7-4-3(9-5)1-2-8-4/h1-2H,(H2,6,7). The predicted octanol–water partition coefficient (Wildman–Crippen LogP) is 1.00. The molecule has 0 bridgehead atoms. The van der Waals surface area contributed by atoms with Crippen molar-refractivity contribution in [3.05, 3.63) is 12.3 Å². The Bertz CT molecular complexity index is 294. The van der Waals surface area contributed by atoms with Crippen molar-refractivity contribution in [3.63, 3.8) is 0 Å². The number of nitrogen functional groups attached to an aromatic ring is 1. The van der Waals surface area contributed by atoms with Gasteiger partial charge in [-0.05, 0) is 0 Å². The molecule has 46 valence electrons. The lowest BCUT2D eigenvalue weighted by atomic mass is 10.6. The molecule has 2 aromatic heterocycles. The first-order chi connectivity index (χ1) is 4.36. The van der Waals surface area contributed by atoms with Gasteiger partial charge in [-0.3, -0.25) is 0 Å². The number of rotatable bonds is 0. The summed E-state index contributed by atoms with van der Waals surface area (Å²) in [6, 6.07) is 1.81. The van der Waals surface area contributed by atoms with Gasteiger partial charge in [-0.2, -0.15) is 4.98 Å². The minimum atomic E-state index is 0.143. The Morgan fingerprint density at radius 3 is 3.22 bits per heavy atom. The van der Waals surface area contributed by atoms with Crippen LogP contribution in [-0.2, 0) is 0 Å². The fraction of sp³-hybridized carbons (Fsp3) is 0. The van der Waals surface area contributed by atoms with E-state index in [9.17, 15) is 0 Å². The quantitative estimate of drug-likeness (QED) is 0.569. The van der Waals surface area contributed by atoms with E-state index in [1.165, 1.54) is 6.26 Å². The van der Waals surface area contributed by atoms with E-state index >= 15 is 0 Å². The topological polar surface area (TPSA) is 65.2 Å². The SMILES string of the molecule is Nc1nc2occc2o1. The summed E-state index contributed by atoms with van der Waals surface area (Å²) in [7, 11) is 0. The second-order valence-electron chi connectivity index (χ2n) is 1.64. The number of nitrogens with two attached hydrogens (primary N) is 1. The lowest BCUT2D eigenvalue weighted by Crippen LogP contribution is -1.80. The number of oxazole rings is 1. The van der Waals surface area contributed by atoms with Crippen LogP contribution in [0.4, 0.5) is 6.01 Å². The predicted molar refractivity (Wildman–Crippen MR) is 30.7 cm³/mol. The van der Waals surface area contributed by atoms with E-state index in [2.05, 4.69) is 4.98 Å². The van der Waals surface area contributed by atoms with Gasteiger partial charge >= 0.3 is 0 Å². The average molecular weight is 124 g/mol. The van der Waals surface area contributed by atoms with E-state index < -0.39 is 0 Å². The van der Waals surface area contributed by atoms with Gasteiger partial charge in [0.2, 0.25) is 0 Å². The molecular formula is C5H4N2O2. The van der Waals surface area contributed by atoms with E-state index in [4.69, 9.17) is 14.6 Å². The minimum absolute atomic E-state index is 0.143. The van der Waals surface area contributed by atoms with Gasteiger partial charge in [0.25, 0.3) is 11.7 Å². The van der Waals surface area contributed by atoms with Crippen molar-refractivity contribution in [2.24, 2.45) is 0 Å². The molecule has 0 saturated carbocycles. The first kappa shape index (κ1) is 4.43. The van der Waals surface area contributed by atoms with Gasteiger partial charge < -0.3 is 14.6 Å². The number of furan rings is 1. The molecule has 0 saturated heterocycles. The Labute approximate surface area is 50.3 Å². The van der Waals surface area contributed by atoms with Crippen LogP contribution in [0.15, 0.2) is 21.2 Å². The summed E-state index contributed by atoms with van der Waals surface area (Å²) in [6.45, 7) is 0. The minimum Gasteiger partial charge on any atom is -0.444 e. The molecule has 0 aliphatic rings.